The van der Waals surface area contributed by atoms with E-state index in [1.54, 1.807) is 19.9 Å². The molecule has 8 heteroatoms. The first kappa shape index (κ1) is 25.7. The molecule has 0 radical (unpaired) electrons. The van der Waals surface area contributed by atoms with E-state index >= 15 is 0 Å². The quantitative estimate of drug-likeness (QED) is 0.603. The summed E-state index contributed by atoms with van der Waals surface area (Å²) in [5.74, 6) is -0.854. The SMILES string of the molecule is CC(N)C(C)C(=O)Nc1cccc(N(CC(N)=O)Cc2ccccc2)c1.Cl.Cl. The largest absolute Gasteiger partial charge is 0.368 e. The van der Waals surface area contributed by atoms with Crippen LogP contribution >= 0.6 is 24.8 Å². The summed E-state index contributed by atoms with van der Waals surface area (Å²) >= 11 is 0. The van der Waals surface area contributed by atoms with Crippen LogP contribution in [-0.2, 0) is 16.1 Å². The van der Waals surface area contributed by atoms with E-state index in [0.717, 1.165) is 11.3 Å². The molecule has 0 spiro atoms. The van der Waals surface area contributed by atoms with Crippen molar-refractivity contribution in [2.24, 2.45) is 17.4 Å². The third-order valence-electron chi connectivity index (χ3n) is 4.24. The monoisotopic (exact) mass is 426 g/mol. The number of carbonyl (C=O) groups excluding carboxylic acids is 2. The number of rotatable bonds is 8. The van der Waals surface area contributed by atoms with Crippen molar-refractivity contribution in [3.05, 3.63) is 60.2 Å². The fourth-order valence-corrected chi connectivity index (χ4v) is 2.51. The van der Waals surface area contributed by atoms with Crippen LogP contribution in [-0.4, -0.2) is 24.4 Å². The number of nitrogens with zero attached hydrogens (tertiary/aromatic N) is 1. The minimum atomic E-state index is -0.416. The van der Waals surface area contributed by atoms with E-state index < -0.39 is 5.91 Å². The van der Waals surface area contributed by atoms with Gasteiger partial charge in [-0.15, -0.1) is 24.8 Å². The average Bonchev–Trinajstić information content (AvgIpc) is 2.61. The molecule has 2 rings (SSSR count). The van der Waals surface area contributed by atoms with Crippen LogP contribution in [0.5, 0.6) is 0 Å². The lowest BCUT2D eigenvalue weighted by molar-refractivity contribution is -0.120. The van der Waals surface area contributed by atoms with Gasteiger partial charge in [-0.3, -0.25) is 9.59 Å². The molecule has 2 atom stereocenters. The van der Waals surface area contributed by atoms with Crippen molar-refractivity contribution < 1.29 is 9.59 Å². The van der Waals surface area contributed by atoms with Gasteiger partial charge in [0.05, 0.1) is 12.5 Å². The number of hydrogen-bond acceptors (Lipinski definition) is 4. The molecule has 0 saturated heterocycles. The Hall–Kier alpha value is -2.28. The predicted molar refractivity (Wildman–Crippen MR) is 119 cm³/mol. The number of benzene rings is 2. The van der Waals surface area contributed by atoms with Gasteiger partial charge < -0.3 is 21.7 Å². The van der Waals surface area contributed by atoms with E-state index in [0.29, 0.717) is 12.2 Å². The maximum absolute atomic E-state index is 12.2. The zero-order valence-electron chi connectivity index (χ0n) is 16.0. The van der Waals surface area contributed by atoms with Crippen LogP contribution in [0.15, 0.2) is 54.6 Å². The molecule has 0 heterocycles. The summed E-state index contributed by atoms with van der Waals surface area (Å²) < 4.78 is 0. The topological polar surface area (TPSA) is 101 Å². The highest BCUT2D eigenvalue weighted by atomic mass is 35.5. The Balaban J connectivity index is 0.00000364. The van der Waals surface area contributed by atoms with Crippen molar-refractivity contribution >= 4 is 48.0 Å². The standard InChI is InChI=1S/C20H26N4O2.2ClH/c1-14(15(2)21)20(26)23-17-9-6-10-18(11-17)24(13-19(22)25)12-16-7-4-3-5-8-16;;/h3-11,14-15H,12-13,21H2,1-2H3,(H2,22,25)(H,23,26);2*1H. The van der Waals surface area contributed by atoms with E-state index in [1.807, 2.05) is 53.4 Å². The summed E-state index contributed by atoms with van der Waals surface area (Å²) in [5, 5.41) is 2.87. The van der Waals surface area contributed by atoms with Crippen LogP contribution in [0.2, 0.25) is 0 Å². The molecule has 0 aliphatic rings. The van der Waals surface area contributed by atoms with Crippen molar-refractivity contribution in [2.45, 2.75) is 26.4 Å². The first-order valence-electron chi connectivity index (χ1n) is 8.60. The van der Waals surface area contributed by atoms with Crippen molar-refractivity contribution in [3.8, 4) is 0 Å². The third kappa shape index (κ3) is 7.76. The predicted octanol–water partition coefficient (Wildman–Crippen LogP) is 2.94. The Morgan fingerprint density at radius 3 is 2.25 bits per heavy atom. The van der Waals surface area contributed by atoms with E-state index in [1.165, 1.54) is 0 Å². The second kappa shape index (κ2) is 12.2. The molecule has 0 fully saturated rings. The minimum Gasteiger partial charge on any atom is -0.368 e. The Kier molecular flexibility index (Phi) is 11.2. The van der Waals surface area contributed by atoms with Crippen LogP contribution in [0.25, 0.3) is 0 Å². The van der Waals surface area contributed by atoms with E-state index in [9.17, 15) is 9.59 Å². The van der Waals surface area contributed by atoms with Crippen LogP contribution < -0.4 is 21.7 Å². The molecule has 0 aromatic heterocycles. The van der Waals surface area contributed by atoms with Gasteiger partial charge in [0.15, 0.2) is 0 Å². The Morgan fingerprint density at radius 2 is 1.68 bits per heavy atom. The lowest BCUT2D eigenvalue weighted by atomic mass is 10.0. The summed E-state index contributed by atoms with van der Waals surface area (Å²) in [5.41, 5.74) is 13.7. The van der Waals surface area contributed by atoms with E-state index in [4.69, 9.17) is 11.5 Å². The number of nitrogens with two attached hydrogens (primary N) is 2. The average molecular weight is 427 g/mol. The number of amides is 2. The van der Waals surface area contributed by atoms with Gasteiger partial charge in [0.2, 0.25) is 11.8 Å². The highest BCUT2D eigenvalue weighted by Crippen LogP contribution is 2.22. The van der Waals surface area contributed by atoms with E-state index in [-0.39, 0.29) is 49.2 Å². The molecule has 0 bridgehead atoms. The number of halogens is 2. The van der Waals surface area contributed by atoms with Crippen LogP contribution in [0, 0.1) is 5.92 Å². The fourth-order valence-electron chi connectivity index (χ4n) is 2.51. The smallest absolute Gasteiger partial charge is 0.236 e. The first-order chi connectivity index (χ1) is 12.4. The molecular formula is C20H28Cl2N4O2. The Morgan fingerprint density at radius 1 is 1.04 bits per heavy atom. The van der Waals surface area contributed by atoms with Gasteiger partial charge in [0.1, 0.15) is 0 Å². The molecule has 2 amide bonds. The second-order valence-corrected chi connectivity index (χ2v) is 6.50. The Bertz CT molecular complexity index is 757. The van der Waals surface area contributed by atoms with Crippen molar-refractivity contribution in [1.82, 2.24) is 0 Å². The molecule has 0 saturated carbocycles. The van der Waals surface area contributed by atoms with E-state index in [2.05, 4.69) is 5.32 Å². The molecule has 5 N–H and O–H groups in total. The van der Waals surface area contributed by atoms with Crippen molar-refractivity contribution in [3.63, 3.8) is 0 Å². The maximum Gasteiger partial charge on any atom is 0.236 e. The molecule has 2 aromatic carbocycles. The van der Waals surface area contributed by atoms with Gasteiger partial charge in [-0.25, -0.2) is 0 Å². The zero-order valence-corrected chi connectivity index (χ0v) is 17.6. The van der Waals surface area contributed by atoms with Gasteiger partial charge in [-0.05, 0) is 30.7 Å². The van der Waals surface area contributed by atoms with Gasteiger partial charge in [-0.1, -0.05) is 43.3 Å². The number of nitrogens with one attached hydrogen (secondary N) is 1. The van der Waals surface area contributed by atoms with Crippen LogP contribution in [0.3, 0.4) is 0 Å². The molecule has 0 aliphatic carbocycles. The van der Waals surface area contributed by atoms with Gasteiger partial charge >= 0.3 is 0 Å². The normalized spacial score (nSPS) is 12.0. The molecule has 154 valence electrons. The molecule has 0 aliphatic heterocycles. The first-order valence-corrected chi connectivity index (χ1v) is 8.60. The lowest BCUT2D eigenvalue weighted by Crippen LogP contribution is -2.34. The van der Waals surface area contributed by atoms with Crippen molar-refractivity contribution in [2.75, 3.05) is 16.8 Å². The Labute approximate surface area is 178 Å². The zero-order chi connectivity index (χ0) is 19.1. The number of primary amides is 1. The molecule has 2 unspecified atom stereocenters. The molecule has 2 aromatic rings. The number of anilines is 2. The van der Waals surface area contributed by atoms with Gasteiger partial charge in [-0.2, -0.15) is 0 Å². The summed E-state index contributed by atoms with van der Waals surface area (Å²) in [7, 11) is 0. The molecule has 28 heavy (non-hydrogen) atoms. The number of carbonyl (C=O) groups is 2. The molecule has 6 nitrogen and oxygen atoms in total. The summed E-state index contributed by atoms with van der Waals surface area (Å²) in [6.07, 6.45) is 0. The molecular weight excluding hydrogens is 399 g/mol. The van der Waals surface area contributed by atoms with Gasteiger partial charge in [0.25, 0.3) is 0 Å². The van der Waals surface area contributed by atoms with Crippen LogP contribution in [0.4, 0.5) is 11.4 Å². The highest BCUT2D eigenvalue weighted by Gasteiger charge is 2.17. The van der Waals surface area contributed by atoms with Crippen molar-refractivity contribution in [1.29, 1.82) is 0 Å². The summed E-state index contributed by atoms with van der Waals surface area (Å²) in [6.45, 7) is 4.22. The third-order valence-corrected chi connectivity index (χ3v) is 4.24. The highest BCUT2D eigenvalue weighted by molar-refractivity contribution is 5.93. The minimum absolute atomic E-state index is 0. The van der Waals surface area contributed by atoms with Gasteiger partial charge in [0, 0.05) is 24.0 Å². The maximum atomic E-state index is 12.2. The summed E-state index contributed by atoms with van der Waals surface area (Å²) in [4.78, 5) is 25.6. The summed E-state index contributed by atoms with van der Waals surface area (Å²) in [6, 6.07) is 16.9. The second-order valence-electron chi connectivity index (χ2n) is 6.50. The lowest BCUT2D eigenvalue weighted by Gasteiger charge is -2.24. The fraction of sp³-hybridized carbons (Fsp3) is 0.300. The van der Waals surface area contributed by atoms with Crippen LogP contribution in [0.1, 0.15) is 19.4 Å². The number of hydrogen-bond donors (Lipinski definition) is 3.